The Balaban J connectivity index is 1.92. The molecule has 0 fully saturated rings. The van der Waals surface area contributed by atoms with Gasteiger partial charge in [-0.25, -0.2) is 0 Å². The number of carbonyl (C=O) groups excluding carboxylic acids is 2. The molecule has 3 rings (SSSR count). The molecule has 1 unspecified atom stereocenters. The van der Waals surface area contributed by atoms with Gasteiger partial charge in [-0.05, 0) is 66.8 Å². The number of ether oxygens (including phenoxy) is 1. The number of nitrogens with one attached hydrogen (secondary N) is 1. The number of nitrogens with zero attached hydrogens (tertiary/aromatic N) is 1. The molecule has 5 nitrogen and oxygen atoms in total. The minimum absolute atomic E-state index is 0.141. The summed E-state index contributed by atoms with van der Waals surface area (Å²) in [6.07, 6.45) is 1.15. The smallest absolute Gasteiger partial charge is 0.261 e. The molecule has 3 aromatic carbocycles. The number of benzene rings is 3. The van der Waals surface area contributed by atoms with Crippen LogP contribution in [0.2, 0.25) is 10.0 Å². The van der Waals surface area contributed by atoms with E-state index in [4.69, 9.17) is 27.9 Å². The number of rotatable bonds is 11. The molecule has 0 bridgehead atoms. The molecule has 0 aliphatic carbocycles. The molecule has 0 saturated carbocycles. The summed E-state index contributed by atoms with van der Waals surface area (Å²) in [7, 11) is 0. The Kier molecular flexibility index (Phi) is 10.2. The molecule has 3 aromatic rings. The highest BCUT2D eigenvalue weighted by atomic mass is 35.5. The van der Waals surface area contributed by atoms with Crippen molar-refractivity contribution in [2.24, 2.45) is 0 Å². The van der Waals surface area contributed by atoms with Crippen LogP contribution in [0.25, 0.3) is 0 Å². The van der Waals surface area contributed by atoms with E-state index in [0.717, 1.165) is 23.1 Å². The summed E-state index contributed by atoms with van der Waals surface area (Å²) in [5.41, 5.74) is 3.86. The lowest BCUT2D eigenvalue weighted by Gasteiger charge is -2.31. The second-order valence-corrected chi connectivity index (χ2v) is 9.63. The Bertz CT molecular complexity index is 1180. The highest BCUT2D eigenvalue weighted by molar-refractivity contribution is 6.35. The fourth-order valence-electron chi connectivity index (χ4n) is 3.79. The molecule has 1 atom stereocenters. The van der Waals surface area contributed by atoms with Gasteiger partial charge in [-0.1, -0.05) is 72.6 Å². The zero-order valence-corrected chi connectivity index (χ0v) is 22.4. The van der Waals surface area contributed by atoms with E-state index < -0.39 is 6.04 Å². The quantitative estimate of drug-likeness (QED) is 0.325. The zero-order valence-electron chi connectivity index (χ0n) is 20.9. The van der Waals surface area contributed by atoms with Gasteiger partial charge in [0.25, 0.3) is 5.91 Å². The molecular formula is C29H32Cl2N2O3. The van der Waals surface area contributed by atoms with E-state index in [2.05, 4.69) is 5.32 Å². The van der Waals surface area contributed by atoms with Gasteiger partial charge in [0.05, 0.1) is 0 Å². The largest absolute Gasteiger partial charge is 0.484 e. The number of hydrogen-bond acceptors (Lipinski definition) is 3. The predicted octanol–water partition coefficient (Wildman–Crippen LogP) is 6.16. The van der Waals surface area contributed by atoms with Crippen molar-refractivity contribution in [3.63, 3.8) is 0 Å². The van der Waals surface area contributed by atoms with Crippen LogP contribution in [0.4, 0.5) is 0 Å². The van der Waals surface area contributed by atoms with Crippen LogP contribution in [0.3, 0.4) is 0 Å². The standard InChI is InChI=1S/C29H32Cl2N2O3/c1-4-14-32-29(35)27(16-22-8-6-5-7-9-22)33(18-23-11-12-24(30)17-26(23)31)28(34)19-36-25-13-10-20(2)21(3)15-25/h5-13,15,17,27H,4,14,16,18-19H2,1-3H3,(H,32,35). The van der Waals surface area contributed by atoms with Gasteiger partial charge in [-0.3, -0.25) is 9.59 Å². The summed E-state index contributed by atoms with van der Waals surface area (Å²) in [6.45, 7) is 6.45. The summed E-state index contributed by atoms with van der Waals surface area (Å²) in [5.74, 6) is 0.0723. The Morgan fingerprint density at radius 3 is 2.39 bits per heavy atom. The number of carbonyl (C=O) groups is 2. The molecule has 0 aliphatic rings. The van der Waals surface area contributed by atoms with Crippen LogP contribution < -0.4 is 10.1 Å². The highest BCUT2D eigenvalue weighted by Gasteiger charge is 2.31. The van der Waals surface area contributed by atoms with Gasteiger partial charge in [-0.15, -0.1) is 0 Å². The molecule has 2 amide bonds. The first-order valence-electron chi connectivity index (χ1n) is 12.0. The molecule has 36 heavy (non-hydrogen) atoms. The molecular weight excluding hydrogens is 495 g/mol. The molecule has 7 heteroatoms. The Morgan fingerprint density at radius 1 is 0.972 bits per heavy atom. The molecule has 0 aliphatic heterocycles. The van der Waals surface area contributed by atoms with Gasteiger partial charge in [0.2, 0.25) is 5.91 Å². The first-order valence-corrected chi connectivity index (χ1v) is 12.8. The van der Waals surface area contributed by atoms with E-state index in [1.54, 1.807) is 23.1 Å². The highest BCUT2D eigenvalue weighted by Crippen LogP contribution is 2.24. The third kappa shape index (κ3) is 7.74. The fourth-order valence-corrected chi connectivity index (χ4v) is 4.25. The van der Waals surface area contributed by atoms with Crippen LogP contribution in [0.1, 0.15) is 35.6 Å². The minimum Gasteiger partial charge on any atom is -0.484 e. The topological polar surface area (TPSA) is 58.6 Å². The SMILES string of the molecule is CCCNC(=O)C(Cc1ccccc1)N(Cc1ccc(Cl)cc1Cl)C(=O)COc1ccc(C)c(C)c1. The summed E-state index contributed by atoms with van der Waals surface area (Å²) in [6, 6.07) is 19.7. The first-order chi connectivity index (χ1) is 17.3. The monoisotopic (exact) mass is 526 g/mol. The molecule has 0 radical (unpaired) electrons. The van der Waals surface area contributed by atoms with E-state index in [-0.39, 0.29) is 25.0 Å². The lowest BCUT2D eigenvalue weighted by molar-refractivity contribution is -0.142. The number of amides is 2. The van der Waals surface area contributed by atoms with Crippen molar-refractivity contribution in [3.05, 3.63) is 99.0 Å². The van der Waals surface area contributed by atoms with Gasteiger partial charge in [0, 0.05) is 29.6 Å². The molecule has 0 spiro atoms. The van der Waals surface area contributed by atoms with Gasteiger partial charge in [0.15, 0.2) is 6.61 Å². The molecule has 1 N–H and O–H groups in total. The lowest BCUT2D eigenvalue weighted by Crippen LogP contribution is -2.51. The van der Waals surface area contributed by atoms with Gasteiger partial charge >= 0.3 is 0 Å². The summed E-state index contributed by atoms with van der Waals surface area (Å²) in [5, 5.41) is 3.89. The van der Waals surface area contributed by atoms with E-state index >= 15 is 0 Å². The second kappa shape index (κ2) is 13.3. The van der Waals surface area contributed by atoms with E-state index in [1.165, 1.54) is 0 Å². The number of hydrogen-bond donors (Lipinski definition) is 1. The van der Waals surface area contributed by atoms with Crippen LogP contribution in [0, 0.1) is 13.8 Å². The van der Waals surface area contributed by atoms with Crippen LogP contribution >= 0.6 is 23.2 Å². The van der Waals surface area contributed by atoms with Crippen molar-refractivity contribution < 1.29 is 14.3 Å². The van der Waals surface area contributed by atoms with Crippen molar-refractivity contribution in [1.29, 1.82) is 0 Å². The zero-order chi connectivity index (χ0) is 26.1. The average molecular weight is 527 g/mol. The van der Waals surface area contributed by atoms with E-state index in [0.29, 0.717) is 34.3 Å². The summed E-state index contributed by atoms with van der Waals surface area (Å²) >= 11 is 12.5. The number of aryl methyl sites for hydroxylation is 2. The predicted molar refractivity (Wildman–Crippen MR) is 146 cm³/mol. The Labute approximate surface area is 223 Å². The summed E-state index contributed by atoms with van der Waals surface area (Å²) < 4.78 is 5.86. The summed E-state index contributed by atoms with van der Waals surface area (Å²) in [4.78, 5) is 28.5. The minimum atomic E-state index is -0.749. The first kappa shape index (κ1) is 27.6. The van der Waals surface area contributed by atoms with Crippen molar-refractivity contribution in [2.75, 3.05) is 13.2 Å². The third-order valence-electron chi connectivity index (χ3n) is 6.02. The molecule has 0 saturated heterocycles. The van der Waals surface area contributed by atoms with Crippen molar-refractivity contribution in [3.8, 4) is 5.75 Å². The van der Waals surface area contributed by atoms with Gasteiger partial charge in [-0.2, -0.15) is 0 Å². The van der Waals surface area contributed by atoms with Gasteiger partial charge < -0.3 is 15.0 Å². The molecule has 0 heterocycles. The second-order valence-electron chi connectivity index (χ2n) is 8.79. The maximum Gasteiger partial charge on any atom is 0.261 e. The van der Waals surface area contributed by atoms with Crippen molar-refractivity contribution in [1.82, 2.24) is 10.2 Å². The molecule has 0 aromatic heterocycles. The average Bonchev–Trinajstić information content (AvgIpc) is 2.87. The van der Waals surface area contributed by atoms with Gasteiger partial charge in [0.1, 0.15) is 11.8 Å². The number of halogens is 2. The van der Waals surface area contributed by atoms with E-state index in [9.17, 15) is 9.59 Å². The maximum absolute atomic E-state index is 13.6. The van der Waals surface area contributed by atoms with E-state index in [1.807, 2.05) is 69.3 Å². The van der Waals surface area contributed by atoms with Crippen molar-refractivity contribution in [2.45, 2.75) is 46.2 Å². The van der Waals surface area contributed by atoms with Crippen molar-refractivity contribution >= 4 is 35.0 Å². The maximum atomic E-state index is 13.6. The lowest BCUT2D eigenvalue weighted by atomic mass is 10.0. The Morgan fingerprint density at radius 2 is 1.72 bits per heavy atom. The van der Waals surface area contributed by atoms with Crippen LogP contribution in [0.5, 0.6) is 5.75 Å². The molecule has 190 valence electrons. The van der Waals surface area contributed by atoms with Crippen LogP contribution in [0.15, 0.2) is 66.7 Å². The van der Waals surface area contributed by atoms with Crippen LogP contribution in [-0.4, -0.2) is 35.9 Å². The normalized spacial score (nSPS) is 11.6. The van der Waals surface area contributed by atoms with Crippen LogP contribution in [-0.2, 0) is 22.6 Å². The Hall–Kier alpha value is -3.02. The third-order valence-corrected chi connectivity index (χ3v) is 6.60. The fraction of sp³-hybridized carbons (Fsp3) is 0.310.